The number of carboxylic acids is 1. The highest BCUT2D eigenvalue weighted by Gasteiger charge is 2.33. The first kappa shape index (κ1) is 36.4. The van der Waals surface area contributed by atoms with Gasteiger partial charge in [-0.2, -0.15) is 0 Å². The molecule has 0 saturated heterocycles. The van der Waals surface area contributed by atoms with Gasteiger partial charge in [0.05, 0.1) is 0 Å². The van der Waals surface area contributed by atoms with Crippen molar-refractivity contribution in [1.82, 2.24) is 10.3 Å². The Morgan fingerprint density at radius 1 is 1.20 bits per heavy atom. The van der Waals surface area contributed by atoms with Crippen molar-refractivity contribution in [3.63, 3.8) is 0 Å². The van der Waals surface area contributed by atoms with E-state index in [0.717, 1.165) is 47.9 Å². The fraction of sp³-hybridized carbons (Fsp3) is 0.436. The summed E-state index contributed by atoms with van der Waals surface area (Å²) in [5.74, 6) is -0.754. The number of aryl methyl sites for hydroxylation is 2. The summed E-state index contributed by atoms with van der Waals surface area (Å²) in [6.45, 7) is 10.3. The molecular formula is C39H47F2N3O4S. The number of aliphatic carboxylic acids is 1. The number of carbonyl (C=O) groups is 1. The summed E-state index contributed by atoms with van der Waals surface area (Å²) in [5.41, 5.74) is 3.56. The van der Waals surface area contributed by atoms with Crippen LogP contribution in [0.15, 0.2) is 83.0 Å². The number of aromatic nitrogens is 1. The van der Waals surface area contributed by atoms with Gasteiger partial charge < -0.3 is 24.7 Å². The Morgan fingerprint density at radius 2 is 2.00 bits per heavy atom. The molecule has 10 heteroatoms. The van der Waals surface area contributed by atoms with Gasteiger partial charge in [0.25, 0.3) is 0 Å². The molecule has 2 bridgehead atoms. The molecule has 49 heavy (non-hydrogen) atoms. The van der Waals surface area contributed by atoms with E-state index in [1.807, 2.05) is 30.3 Å². The highest BCUT2D eigenvalue weighted by molar-refractivity contribution is 7.91. The Kier molecular flexibility index (Phi) is 11.7. The summed E-state index contributed by atoms with van der Waals surface area (Å²) in [6.07, 6.45) is 10.4. The Morgan fingerprint density at radius 3 is 2.78 bits per heavy atom. The number of halogens is 2. The zero-order valence-electron chi connectivity index (χ0n) is 28.6. The van der Waals surface area contributed by atoms with Gasteiger partial charge in [-0.15, -0.1) is 0 Å². The molecule has 7 nitrogen and oxygen atoms in total. The van der Waals surface area contributed by atoms with E-state index in [0.29, 0.717) is 41.0 Å². The van der Waals surface area contributed by atoms with E-state index in [2.05, 4.69) is 42.8 Å². The Bertz CT molecular complexity index is 1760. The van der Waals surface area contributed by atoms with Crippen LogP contribution in [0, 0.1) is 11.2 Å². The second-order valence-corrected chi connectivity index (χ2v) is 15.7. The Hall–Kier alpha value is -3.89. The number of benzene rings is 2. The first-order valence-corrected chi connectivity index (χ1v) is 18.5. The first-order valence-electron chi connectivity index (χ1n) is 17.0. The maximum atomic E-state index is 15.6. The van der Waals surface area contributed by atoms with E-state index in [4.69, 9.17) is 4.74 Å². The number of H-pyrrole nitrogens is 1. The number of nitrogens with one attached hydrogen (secondary N) is 2. The number of rotatable bonds is 5. The third-order valence-electron chi connectivity index (χ3n) is 9.75. The van der Waals surface area contributed by atoms with Crippen molar-refractivity contribution in [3.8, 4) is 5.75 Å². The molecule has 3 unspecified atom stereocenters. The summed E-state index contributed by atoms with van der Waals surface area (Å²) in [6, 6.07) is 11.2. The molecule has 2 heterocycles. The molecule has 0 saturated carbocycles. The SMILES string of the molecule is C=N/C=C1\NCC2=CC(CC=C2F)Oc2c(F)cc3[nH]ccc3c2CC[S+]([O-])CC(C)(C)CCCCC1(C)c1cccc(CCC(=O)O)c1. The number of ether oxygens (including phenoxy) is 1. The zero-order valence-corrected chi connectivity index (χ0v) is 29.4. The maximum Gasteiger partial charge on any atom is 0.303 e. The lowest BCUT2D eigenvalue weighted by molar-refractivity contribution is -0.136. The van der Waals surface area contributed by atoms with E-state index in [1.54, 1.807) is 18.5 Å². The molecule has 0 spiro atoms. The van der Waals surface area contributed by atoms with Crippen molar-refractivity contribution >= 4 is 34.8 Å². The molecule has 3 N–H and O–H groups in total. The molecular weight excluding hydrogens is 645 g/mol. The predicted octanol–water partition coefficient (Wildman–Crippen LogP) is 8.24. The quantitative estimate of drug-likeness (QED) is 0.185. The van der Waals surface area contributed by atoms with Gasteiger partial charge in [0.1, 0.15) is 23.4 Å². The third-order valence-corrected chi connectivity index (χ3v) is 11.5. The number of aromatic amines is 1. The molecule has 3 aromatic rings. The van der Waals surface area contributed by atoms with Crippen LogP contribution in [0.5, 0.6) is 5.75 Å². The molecule has 0 amide bonds. The molecule has 262 valence electrons. The van der Waals surface area contributed by atoms with Crippen LogP contribution >= 0.6 is 0 Å². The lowest BCUT2D eigenvalue weighted by Gasteiger charge is -2.35. The number of hydrogen-bond acceptors (Lipinski definition) is 5. The van der Waals surface area contributed by atoms with Gasteiger partial charge in [-0.25, -0.2) is 8.78 Å². The average Bonchev–Trinajstić information content (AvgIpc) is 3.52. The van der Waals surface area contributed by atoms with Crippen LogP contribution in [0.2, 0.25) is 0 Å². The predicted molar refractivity (Wildman–Crippen MR) is 194 cm³/mol. The summed E-state index contributed by atoms with van der Waals surface area (Å²) in [5, 5.41) is 13.6. The van der Waals surface area contributed by atoms with Crippen LogP contribution in [0.4, 0.5) is 8.78 Å². The van der Waals surface area contributed by atoms with Crippen molar-refractivity contribution in [3.05, 3.63) is 101 Å². The Labute approximate surface area is 290 Å². The summed E-state index contributed by atoms with van der Waals surface area (Å²) in [7, 11) is 0. The van der Waals surface area contributed by atoms with Gasteiger partial charge in [-0.05, 0) is 62.2 Å². The van der Waals surface area contributed by atoms with Crippen molar-refractivity contribution < 1.29 is 28.0 Å². The third kappa shape index (κ3) is 9.02. The lowest BCUT2D eigenvalue weighted by atomic mass is 9.74. The highest BCUT2D eigenvalue weighted by Crippen LogP contribution is 2.39. The molecule has 0 fully saturated rings. The second kappa shape index (κ2) is 15.8. The van der Waals surface area contributed by atoms with Crippen molar-refractivity contribution in [2.24, 2.45) is 10.4 Å². The maximum absolute atomic E-state index is 15.6. The van der Waals surface area contributed by atoms with Crippen LogP contribution in [0.3, 0.4) is 0 Å². The first-order chi connectivity index (χ1) is 23.4. The molecule has 2 aliphatic rings. The highest BCUT2D eigenvalue weighted by atomic mass is 32.2. The van der Waals surface area contributed by atoms with Gasteiger partial charge in [0.15, 0.2) is 11.6 Å². The van der Waals surface area contributed by atoms with Gasteiger partial charge in [-0.3, -0.25) is 9.79 Å². The minimum atomic E-state index is -1.15. The van der Waals surface area contributed by atoms with E-state index in [1.165, 1.54) is 12.1 Å². The van der Waals surface area contributed by atoms with Crippen LogP contribution in [-0.2, 0) is 34.2 Å². The normalized spacial score (nSPS) is 24.7. The summed E-state index contributed by atoms with van der Waals surface area (Å²) >= 11 is -1.15. The minimum Gasteiger partial charge on any atom is -0.616 e. The zero-order chi connectivity index (χ0) is 35.2. The van der Waals surface area contributed by atoms with Crippen LogP contribution < -0.4 is 10.1 Å². The van der Waals surface area contributed by atoms with Crippen LogP contribution in [0.25, 0.3) is 10.9 Å². The average molecular weight is 692 g/mol. The van der Waals surface area contributed by atoms with E-state index in [-0.39, 0.29) is 36.4 Å². The number of nitrogens with zero attached hydrogens (tertiary/aromatic N) is 1. The van der Waals surface area contributed by atoms with Crippen molar-refractivity contribution in [1.29, 1.82) is 0 Å². The number of hydrogen-bond donors (Lipinski definition) is 3. The number of carboxylic acid groups (broad SMARTS) is 1. The fourth-order valence-corrected chi connectivity index (χ4v) is 8.59. The number of fused-ring (bicyclic) bond motifs is 4. The molecule has 1 aromatic heterocycles. The Balaban J connectivity index is 1.52. The standard InChI is InChI=1S/C39H47F2N3O4S/c1-38(2)16-5-6-17-39(3,28-9-7-8-26(20-28)10-13-36(45)46)35(24-42-4)44-23-27-21-29(11-12-32(27)40)48-37-31(15-19-49(47)25-38)30-14-18-43-34(30)22-33(37)41/h7-9,12,14,18,20-22,24,29,43-44H,4-6,10-11,13,15-17,19,23,25H2,1-3H3,(H,45,46)/b35-24-. The topological polar surface area (TPSA) is 110 Å². The molecule has 1 aliphatic carbocycles. The van der Waals surface area contributed by atoms with Crippen LogP contribution in [-0.4, -0.2) is 51.5 Å². The molecule has 5 rings (SSSR count). The van der Waals surface area contributed by atoms with Crippen molar-refractivity contribution in [2.75, 3.05) is 18.1 Å². The summed E-state index contributed by atoms with van der Waals surface area (Å²) < 4.78 is 50.8. The molecule has 2 aromatic carbocycles. The van der Waals surface area contributed by atoms with E-state index < -0.39 is 34.5 Å². The summed E-state index contributed by atoms with van der Waals surface area (Å²) in [4.78, 5) is 18.5. The van der Waals surface area contributed by atoms with Gasteiger partial charge in [-0.1, -0.05) is 62.1 Å². The molecule has 3 atom stereocenters. The second-order valence-electron chi connectivity index (χ2n) is 14.2. The number of allylic oxidation sites excluding steroid dienone is 1. The van der Waals surface area contributed by atoms with Gasteiger partial charge in [0.2, 0.25) is 0 Å². The smallest absolute Gasteiger partial charge is 0.303 e. The minimum absolute atomic E-state index is 0.0270. The van der Waals surface area contributed by atoms with Gasteiger partial charge in [0, 0.05) is 82.8 Å². The molecule has 0 radical (unpaired) electrons. The van der Waals surface area contributed by atoms with Gasteiger partial charge >= 0.3 is 5.97 Å². The largest absolute Gasteiger partial charge is 0.616 e. The number of aliphatic imine (C=N–C) groups is 1. The van der Waals surface area contributed by atoms with Crippen LogP contribution in [0.1, 0.15) is 76.0 Å². The lowest BCUT2D eigenvalue weighted by Crippen LogP contribution is -2.35. The van der Waals surface area contributed by atoms with Crippen molar-refractivity contribution in [2.45, 2.75) is 83.7 Å². The fourth-order valence-electron chi connectivity index (χ4n) is 7.00. The van der Waals surface area contributed by atoms with E-state index >= 15 is 8.78 Å². The monoisotopic (exact) mass is 691 g/mol. The van der Waals surface area contributed by atoms with E-state index in [9.17, 15) is 14.5 Å². The molecule has 1 aliphatic heterocycles.